The van der Waals surface area contributed by atoms with Gasteiger partial charge in [0.1, 0.15) is 0 Å². The first kappa shape index (κ1) is 14.7. The van der Waals surface area contributed by atoms with E-state index in [4.69, 9.17) is 0 Å². The van der Waals surface area contributed by atoms with Crippen LogP contribution in [0.15, 0.2) is 67.0 Å². The highest BCUT2D eigenvalue weighted by atomic mass is 16.2. The van der Waals surface area contributed by atoms with Gasteiger partial charge in [0.2, 0.25) is 0 Å². The van der Waals surface area contributed by atoms with Gasteiger partial charge in [-0.25, -0.2) is 4.79 Å². The number of hydrogen-bond donors (Lipinski definition) is 1. The number of fused-ring (bicyclic) bond motifs is 1. The van der Waals surface area contributed by atoms with Crippen molar-refractivity contribution in [2.45, 2.75) is 25.4 Å². The summed E-state index contributed by atoms with van der Waals surface area (Å²) in [7, 11) is 0. The third-order valence-electron chi connectivity index (χ3n) is 4.38. The highest BCUT2D eigenvalue weighted by Gasteiger charge is 2.32. The summed E-state index contributed by atoms with van der Waals surface area (Å²) in [4.78, 5) is 18.8. The van der Waals surface area contributed by atoms with Crippen molar-refractivity contribution < 1.29 is 4.79 Å². The van der Waals surface area contributed by atoms with Gasteiger partial charge in [-0.05, 0) is 42.0 Å². The fourth-order valence-electron chi connectivity index (χ4n) is 2.96. The Labute approximate surface area is 141 Å². The number of urea groups is 1. The van der Waals surface area contributed by atoms with Gasteiger partial charge in [0.25, 0.3) is 0 Å². The minimum atomic E-state index is -0.0364. The fraction of sp³-hybridized carbons (Fsp3) is 0.200. The average molecular weight is 317 g/mol. The van der Waals surface area contributed by atoms with Crippen LogP contribution in [0.2, 0.25) is 0 Å². The van der Waals surface area contributed by atoms with Crippen LogP contribution in [0.4, 0.5) is 10.5 Å². The fourth-order valence-corrected chi connectivity index (χ4v) is 2.96. The predicted molar refractivity (Wildman–Crippen MR) is 95.8 cm³/mol. The first-order valence-electron chi connectivity index (χ1n) is 8.25. The number of carbonyl (C=O) groups is 1. The molecule has 0 aliphatic heterocycles. The topological polar surface area (TPSA) is 45.2 Å². The summed E-state index contributed by atoms with van der Waals surface area (Å²) in [5.74, 6) is 0. The molecule has 1 N–H and O–H groups in total. The van der Waals surface area contributed by atoms with E-state index in [1.54, 1.807) is 12.4 Å². The Kier molecular flexibility index (Phi) is 3.87. The SMILES string of the molecule is O=C(Nc1cccc2ccccc12)N(Cc1ccncc1)C1CC1. The van der Waals surface area contributed by atoms with Gasteiger partial charge < -0.3 is 10.2 Å². The standard InChI is InChI=1S/C20H19N3O/c24-20(22-19-7-3-5-16-4-1-2-6-18(16)19)23(17-8-9-17)14-15-10-12-21-13-11-15/h1-7,10-13,17H,8-9,14H2,(H,22,24). The van der Waals surface area contributed by atoms with Crippen LogP contribution in [0.25, 0.3) is 10.8 Å². The monoisotopic (exact) mass is 317 g/mol. The second-order valence-electron chi connectivity index (χ2n) is 6.17. The molecule has 2 aromatic carbocycles. The van der Waals surface area contributed by atoms with E-state index < -0.39 is 0 Å². The summed E-state index contributed by atoms with van der Waals surface area (Å²) in [5, 5.41) is 5.29. The number of pyridine rings is 1. The minimum Gasteiger partial charge on any atom is -0.317 e. The van der Waals surface area contributed by atoms with Crippen LogP contribution in [-0.2, 0) is 6.54 Å². The van der Waals surface area contributed by atoms with Gasteiger partial charge in [-0.1, -0.05) is 36.4 Å². The summed E-state index contributed by atoms with van der Waals surface area (Å²) in [6.07, 6.45) is 5.69. The zero-order chi connectivity index (χ0) is 16.4. The van der Waals surface area contributed by atoms with E-state index in [9.17, 15) is 4.79 Å². The molecule has 4 heteroatoms. The molecular formula is C20H19N3O. The van der Waals surface area contributed by atoms with Crippen LogP contribution in [-0.4, -0.2) is 22.0 Å². The lowest BCUT2D eigenvalue weighted by Gasteiger charge is -2.23. The third kappa shape index (κ3) is 3.08. The van der Waals surface area contributed by atoms with E-state index in [-0.39, 0.29) is 6.03 Å². The molecule has 4 rings (SSSR count). The van der Waals surface area contributed by atoms with E-state index in [2.05, 4.69) is 22.4 Å². The minimum absolute atomic E-state index is 0.0364. The number of rotatable bonds is 4. The molecule has 1 heterocycles. The molecule has 3 aromatic rings. The van der Waals surface area contributed by atoms with Crippen molar-refractivity contribution >= 4 is 22.5 Å². The lowest BCUT2D eigenvalue weighted by Crippen LogP contribution is -2.36. The van der Waals surface area contributed by atoms with Crippen LogP contribution in [0, 0.1) is 0 Å². The van der Waals surface area contributed by atoms with Crippen LogP contribution in [0.1, 0.15) is 18.4 Å². The van der Waals surface area contributed by atoms with Gasteiger partial charge in [-0.15, -0.1) is 0 Å². The van der Waals surface area contributed by atoms with E-state index in [1.165, 1.54) is 0 Å². The maximum Gasteiger partial charge on any atom is 0.322 e. The lowest BCUT2D eigenvalue weighted by molar-refractivity contribution is 0.206. The van der Waals surface area contributed by atoms with E-state index in [0.29, 0.717) is 12.6 Å². The summed E-state index contributed by atoms with van der Waals surface area (Å²) in [5.41, 5.74) is 1.96. The number of amides is 2. The average Bonchev–Trinajstić information content (AvgIpc) is 3.46. The van der Waals surface area contributed by atoms with Gasteiger partial charge >= 0.3 is 6.03 Å². The Hall–Kier alpha value is -2.88. The van der Waals surface area contributed by atoms with E-state index in [0.717, 1.165) is 34.9 Å². The van der Waals surface area contributed by atoms with Crippen molar-refractivity contribution in [3.63, 3.8) is 0 Å². The maximum absolute atomic E-state index is 12.8. The summed E-state index contributed by atoms with van der Waals surface area (Å²) in [6.45, 7) is 0.615. The Bertz CT molecular complexity index is 854. The van der Waals surface area contributed by atoms with Crippen molar-refractivity contribution in [3.8, 4) is 0 Å². The van der Waals surface area contributed by atoms with Crippen molar-refractivity contribution in [3.05, 3.63) is 72.6 Å². The summed E-state index contributed by atoms with van der Waals surface area (Å²) < 4.78 is 0. The molecule has 0 atom stereocenters. The number of hydrogen-bond acceptors (Lipinski definition) is 2. The van der Waals surface area contributed by atoms with Gasteiger partial charge in [-0.2, -0.15) is 0 Å². The van der Waals surface area contributed by atoms with E-state index >= 15 is 0 Å². The van der Waals surface area contributed by atoms with Gasteiger partial charge in [0, 0.05) is 30.4 Å². The first-order chi connectivity index (χ1) is 11.8. The molecule has 0 radical (unpaired) electrons. The number of nitrogens with zero attached hydrogens (tertiary/aromatic N) is 2. The number of benzene rings is 2. The number of carbonyl (C=O) groups excluding carboxylic acids is 1. The molecule has 0 spiro atoms. The molecule has 0 unspecified atom stereocenters. The Morgan fingerprint density at radius 2 is 1.79 bits per heavy atom. The predicted octanol–water partition coefficient (Wildman–Crippen LogP) is 4.43. The third-order valence-corrected chi connectivity index (χ3v) is 4.38. The second-order valence-corrected chi connectivity index (χ2v) is 6.17. The molecule has 2 amide bonds. The smallest absolute Gasteiger partial charge is 0.317 e. The quantitative estimate of drug-likeness (QED) is 0.773. The number of anilines is 1. The van der Waals surface area contributed by atoms with Gasteiger partial charge in [-0.3, -0.25) is 4.98 Å². The first-order valence-corrected chi connectivity index (χ1v) is 8.25. The number of nitrogens with one attached hydrogen (secondary N) is 1. The Morgan fingerprint density at radius 3 is 2.58 bits per heavy atom. The molecule has 4 nitrogen and oxygen atoms in total. The molecular weight excluding hydrogens is 298 g/mol. The Morgan fingerprint density at radius 1 is 1.04 bits per heavy atom. The molecule has 24 heavy (non-hydrogen) atoms. The van der Waals surface area contributed by atoms with Crippen molar-refractivity contribution in [2.75, 3.05) is 5.32 Å². The molecule has 0 saturated heterocycles. The van der Waals surface area contributed by atoms with Gasteiger partial charge in [0.05, 0.1) is 5.69 Å². The van der Waals surface area contributed by atoms with Crippen LogP contribution in [0.5, 0.6) is 0 Å². The summed E-state index contributed by atoms with van der Waals surface area (Å²) in [6, 6.07) is 18.3. The zero-order valence-electron chi connectivity index (χ0n) is 13.4. The number of aromatic nitrogens is 1. The van der Waals surface area contributed by atoms with Crippen LogP contribution < -0.4 is 5.32 Å². The molecule has 0 bridgehead atoms. The molecule has 120 valence electrons. The summed E-state index contributed by atoms with van der Waals surface area (Å²) >= 11 is 0. The van der Waals surface area contributed by atoms with Crippen molar-refractivity contribution in [1.82, 2.24) is 9.88 Å². The normalized spacial score (nSPS) is 13.7. The molecule has 1 fully saturated rings. The highest BCUT2D eigenvalue weighted by molar-refractivity contribution is 6.01. The van der Waals surface area contributed by atoms with Crippen LogP contribution in [0.3, 0.4) is 0 Å². The van der Waals surface area contributed by atoms with E-state index in [1.807, 2.05) is 47.4 Å². The maximum atomic E-state index is 12.8. The largest absolute Gasteiger partial charge is 0.322 e. The van der Waals surface area contributed by atoms with Crippen LogP contribution >= 0.6 is 0 Å². The lowest BCUT2D eigenvalue weighted by atomic mass is 10.1. The molecule has 1 aromatic heterocycles. The molecule has 1 aliphatic carbocycles. The Balaban J connectivity index is 1.57. The molecule has 1 saturated carbocycles. The zero-order valence-corrected chi connectivity index (χ0v) is 13.4. The van der Waals surface area contributed by atoms with Gasteiger partial charge in [0.15, 0.2) is 0 Å². The second kappa shape index (κ2) is 6.32. The van der Waals surface area contributed by atoms with Crippen molar-refractivity contribution in [1.29, 1.82) is 0 Å². The molecule has 1 aliphatic rings. The highest BCUT2D eigenvalue weighted by Crippen LogP contribution is 2.30. The van der Waals surface area contributed by atoms with Crippen molar-refractivity contribution in [2.24, 2.45) is 0 Å².